The second kappa shape index (κ2) is 9.18. The Morgan fingerprint density at radius 2 is 2.00 bits per heavy atom. The lowest BCUT2D eigenvalue weighted by Crippen LogP contribution is -2.33. The van der Waals surface area contributed by atoms with Crippen LogP contribution in [-0.4, -0.2) is 50.5 Å². The molecule has 178 valence electrons. The van der Waals surface area contributed by atoms with Gasteiger partial charge in [-0.2, -0.15) is 10.5 Å². The third kappa shape index (κ3) is 4.71. The zero-order valence-corrected chi connectivity index (χ0v) is 19.6. The zero-order chi connectivity index (χ0) is 25.2. The molecule has 3 heterocycles. The highest BCUT2D eigenvalue weighted by molar-refractivity contribution is 5.76. The summed E-state index contributed by atoms with van der Waals surface area (Å²) < 4.78 is 5.83. The number of pyridine rings is 1. The summed E-state index contributed by atoms with van der Waals surface area (Å²) in [6, 6.07) is 11.2. The van der Waals surface area contributed by atoms with Crippen LogP contribution in [0.2, 0.25) is 0 Å². The van der Waals surface area contributed by atoms with Crippen LogP contribution in [0.4, 0.5) is 17.3 Å². The van der Waals surface area contributed by atoms with E-state index in [1.54, 1.807) is 38.2 Å². The number of rotatable bonds is 7. The molecule has 1 atom stereocenters. The summed E-state index contributed by atoms with van der Waals surface area (Å²) in [5, 5.41) is 44.8. The predicted octanol–water partition coefficient (Wildman–Crippen LogP) is 2.85. The summed E-state index contributed by atoms with van der Waals surface area (Å²) in [6.45, 7) is 5.60. The van der Waals surface area contributed by atoms with E-state index in [4.69, 9.17) is 4.74 Å². The fourth-order valence-corrected chi connectivity index (χ4v) is 3.74. The molecule has 0 spiro atoms. The second-order valence-electron chi connectivity index (χ2n) is 9.23. The van der Waals surface area contributed by atoms with Crippen molar-refractivity contribution in [3.63, 3.8) is 0 Å². The first-order chi connectivity index (χ1) is 16.7. The van der Waals surface area contributed by atoms with Crippen molar-refractivity contribution in [3.05, 3.63) is 53.3 Å². The Bertz CT molecular complexity index is 1360. The summed E-state index contributed by atoms with van der Waals surface area (Å²) in [5.41, 5.74) is 2.59. The van der Waals surface area contributed by atoms with Crippen molar-refractivity contribution in [2.45, 2.75) is 31.8 Å². The molecule has 35 heavy (non-hydrogen) atoms. The molecular weight excluding hydrogens is 446 g/mol. The molecule has 0 radical (unpaired) electrons. The molecule has 1 unspecified atom stereocenters. The van der Waals surface area contributed by atoms with Gasteiger partial charge in [0.25, 0.3) is 0 Å². The van der Waals surface area contributed by atoms with Crippen LogP contribution < -0.4 is 15.4 Å². The molecule has 0 saturated heterocycles. The molecule has 1 aromatic carbocycles. The van der Waals surface area contributed by atoms with Crippen LogP contribution in [0, 0.1) is 22.7 Å². The Morgan fingerprint density at radius 3 is 2.69 bits per heavy atom. The number of nitriles is 2. The monoisotopic (exact) mass is 471 g/mol. The van der Waals surface area contributed by atoms with Crippen LogP contribution >= 0.6 is 0 Å². The van der Waals surface area contributed by atoms with E-state index in [0.29, 0.717) is 34.6 Å². The maximum absolute atomic E-state index is 9.96. The van der Waals surface area contributed by atoms with E-state index < -0.39 is 11.0 Å². The number of ether oxygens (including phenoxy) is 1. The van der Waals surface area contributed by atoms with Crippen LogP contribution in [0.1, 0.15) is 37.5 Å². The van der Waals surface area contributed by atoms with Gasteiger partial charge in [0.05, 0.1) is 35.7 Å². The van der Waals surface area contributed by atoms with Crippen molar-refractivity contribution in [2.24, 2.45) is 0 Å². The maximum Gasteiger partial charge on any atom is 0.238 e. The lowest BCUT2D eigenvalue weighted by atomic mass is 9.83. The van der Waals surface area contributed by atoms with E-state index >= 15 is 0 Å². The van der Waals surface area contributed by atoms with Gasteiger partial charge < -0.3 is 25.6 Å². The van der Waals surface area contributed by atoms with E-state index in [1.165, 1.54) is 6.20 Å². The topological polar surface area (TPSA) is 160 Å². The largest absolute Gasteiger partial charge is 0.468 e. The Balaban J connectivity index is 1.73. The number of aromatic nitrogens is 3. The van der Waals surface area contributed by atoms with E-state index in [2.05, 4.69) is 31.7 Å². The number of fused-ring (bicyclic) bond motifs is 1. The lowest BCUT2D eigenvalue weighted by Gasteiger charge is -2.24. The van der Waals surface area contributed by atoms with E-state index in [0.717, 1.165) is 11.3 Å². The molecule has 4 N–H and O–H groups in total. The van der Waals surface area contributed by atoms with Gasteiger partial charge in [0.15, 0.2) is 0 Å². The summed E-state index contributed by atoms with van der Waals surface area (Å²) in [4.78, 5) is 13.1. The number of hydrogen-bond donors (Lipinski definition) is 4. The van der Waals surface area contributed by atoms with Gasteiger partial charge in [-0.1, -0.05) is 6.92 Å². The van der Waals surface area contributed by atoms with Gasteiger partial charge in [0.1, 0.15) is 23.4 Å². The van der Waals surface area contributed by atoms with E-state index in [1.807, 2.05) is 19.1 Å². The van der Waals surface area contributed by atoms with Crippen molar-refractivity contribution >= 4 is 17.3 Å². The molecule has 1 aliphatic rings. The van der Waals surface area contributed by atoms with Crippen LogP contribution in [0.5, 0.6) is 5.88 Å². The Hall–Kier alpha value is -4.25. The zero-order valence-electron chi connectivity index (χ0n) is 19.6. The Morgan fingerprint density at radius 1 is 1.20 bits per heavy atom. The van der Waals surface area contributed by atoms with E-state index in [9.17, 15) is 20.7 Å². The van der Waals surface area contributed by atoms with Crippen LogP contribution in [-0.2, 0) is 5.41 Å². The third-order valence-electron chi connectivity index (χ3n) is 5.85. The SMILES string of the molecule is CC(C)(CO)Oc1ncc(C#N)cc1Nc1nccc(-c2cc(C#N)c3c(c2)C(C)(CO)CN3)n1. The van der Waals surface area contributed by atoms with Crippen molar-refractivity contribution in [2.75, 3.05) is 30.4 Å². The average Bonchev–Trinajstić information content (AvgIpc) is 3.21. The minimum Gasteiger partial charge on any atom is -0.468 e. The van der Waals surface area contributed by atoms with Crippen molar-refractivity contribution in [3.8, 4) is 29.3 Å². The first-order valence-electron chi connectivity index (χ1n) is 11.0. The average molecular weight is 472 g/mol. The van der Waals surface area contributed by atoms with E-state index in [-0.39, 0.29) is 25.0 Å². The van der Waals surface area contributed by atoms with Gasteiger partial charge in [-0.05, 0) is 43.7 Å². The highest BCUT2D eigenvalue weighted by Crippen LogP contribution is 2.41. The highest BCUT2D eigenvalue weighted by Gasteiger charge is 2.36. The maximum atomic E-state index is 9.96. The van der Waals surface area contributed by atoms with Crippen LogP contribution in [0.15, 0.2) is 36.7 Å². The van der Waals surface area contributed by atoms with Gasteiger partial charge in [-0.25, -0.2) is 15.0 Å². The normalized spacial score (nSPS) is 16.5. The number of aliphatic hydroxyl groups excluding tert-OH is 2. The molecule has 10 nitrogen and oxygen atoms in total. The number of hydrogen-bond acceptors (Lipinski definition) is 10. The number of aliphatic hydroxyl groups is 2. The van der Waals surface area contributed by atoms with Gasteiger partial charge in [-0.15, -0.1) is 0 Å². The van der Waals surface area contributed by atoms with Crippen molar-refractivity contribution in [1.82, 2.24) is 15.0 Å². The van der Waals surface area contributed by atoms with Gasteiger partial charge in [0.2, 0.25) is 11.8 Å². The lowest BCUT2D eigenvalue weighted by molar-refractivity contribution is 0.0380. The Labute approximate surface area is 202 Å². The minimum atomic E-state index is -0.897. The molecular formula is C25H25N7O3. The van der Waals surface area contributed by atoms with Gasteiger partial charge in [-0.3, -0.25) is 0 Å². The molecule has 0 aliphatic carbocycles. The standard InChI is InChI=1S/C25H25N7O3/c1-24(2,13-33)35-22-20(6-15(9-26)11-29-22)32-23-28-5-4-19(31-23)16-7-17(10-27)21-18(8-16)25(3,14-34)12-30-21/h4-8,11,30,33-34H,12-14H2,1-3H3,(H,28,31,32). The fraction of sp³-hybridized carbons (Fsp3) is 0.320. The minimum absolute atomic E-state index is 0.0624. The molecule has 0 bridgehead atoms. The molecule has 1 aliphatic heterocycles. The quantitative estimate of drug-likeness (QED) is 0.403. The summed E-state index contributed by atoms with van der Waals surface area (Å²) in [7, 11) is 0. The molecule has 0 saturated carbocycles. The first-order valence-corrected chi connectivity index (χ1v) is 11.0. The molecule has 0 fully saturated rings. The number of anilines is 3. The molecule has 3 aromatic rings. The number of nitrogens with one attached hydrogen (secondary N) is 2. The first kappa shape index (κ1) is 23.9. The van der Waals surface area contributed by atoms with Crippen LogP contribution in [0.25, 0.3) is 11.3 Å². The fourth-order valence-electron chi connectivity index (χ4n) is 3.74. The van der Waals surface area contributed by atoms with Gasteiger partial charge >= 0.3 is 0 Å². The second-order valence-corrected chi connectivity index (χ2v) is 9.23. The third-order valence-corrected chi connectivity index (χ3v) is 5.85. The molecule has 0 amide bonds. The van der Waals surface area contributed by atoms with Gasteiger partial charge in [0, 0.05) is 29.9 Å². The highest BCUT2D eigenvalue weighted by atomic mass is 16.5. The Kier molecular flexibility index (Phi) is 6.27. The smallest absolute Gasteiger partial charge is 0.238 e. The number of benzene rings is 1. The van der Waals surface area contributed by atoms with Crippen LogP contribution in [0.3, 0.4) is 0 Å². The molecule has 4 rings (SSSR count). The van der Waals surface area contributed by atoms with Crippen molar-refractivity contribution < 1.29 is 14.9 Å². The number of nitrogens with zero attached hydrogens (tertiary/aromatic N) is 5. The summed E-state index contributed by atoms with van der Waals surface area (Å²) in [6.07, 6.45) is 2.96. The summed E-state index contributed by atoms with van der Waals surface area (Å²) in [5.74, 6) is 0.416. The van der Waals surface area contributed by atoms with Crippen molar-refractivity contribution in [1.29, 1.82) is 10.5 Å². The summed E-state index contributed by atoms with van der Waals surface area (Å²) >= 11 is 0. The molecule has 10 heteroatoms. The molecule has 2 aromatic heterocycles. The predicted molar refractivity (Wildman–Crippen MR) is 129 cm³/mol.